The minimum absolute atomic E-state index is 0.378. The van der Waals surface area contributed by atoms with Gasteiger partial charge in [0.1, 0.15) is 0 Å². The summed E-state index contributed by atoms with van der Waals surface area (Å²) in [4.78, 5) is 0. The smallest absolute Gasteiger partial charge is 0.184 e. The van der Waals surface area contributed by atoms with Crippen molar-refractivity contribution in [2.24, 2.45) is 0 Å². The Morgan fingerprint density at radius 2 is 1.10 bits per heavy atom. The summed E-state index contributed by atoms with van der Waals surface area (Å²) >= 11 is 0. The molecular weight excluding hydrogens is 260 g/mol. The molecule has 0 atom stereocenters. The van der Waals surface area contributed by atoms with E-state index in [0.717, 1.165) is 6.61 Å². The van der Waals surface area contributed by atoms with Crippen molar-refractivity contribution in [3.8, 4) is 0 Å². The Bertz CT molecular complexity index is 182. The fourth-order valence-electron chi connectivity index (χ4n) is 2.57. The molecule has 0 heterocycles. The molecule has 0 aromatic heterocycles. The summed E-state index contributed by atoms with van der Waals surface area (Å²) < 4.78 is 5.51. The standard InChI is InChI=1S/C18H38OSi/c1-3-5-6-7-8-9-10-11-12-13-14-15-16-17-18-19-20-4-2/h4H,2-3,5-18,20H2,1H3. The Morgan fingerprint density at radius 1 is 0.700 bits per heavy atom. The van der Waals surface area contributed by atoms with Gasteiger partial charge in [-0.15, -0.1) is 6.58 Å². The maximum atomic E-state index is 5.51. The summed E-state index contributed by atoms with van der Waals surface area (Å²) in [6, 6.07) is 0. The van der Waals surface area contributed by atoms with E-state index >= 15 is 0 Å². The van der Waals surface area contributed by atoms with Crippen LogP contribution < -0.4 is 0 Å². The topological polar surface area (TPSA) is 9.23 Å². The van der Waals surface area contributed by atoms with Crippen LogP contribution in [0.1, 0.15) is 96.8 Å². The summed E-state index contributed by atoms with van der Waals surface area (Å²) in [5, 5.41) is 0. The van der Waals surface area contributed by atoms with Crippen LogP contribution in [0, 0.1) is 0 Å². The summed E-state index contributed by atoms with van der Waals surface area (Å²) in [5.41, 5.74) is 1.96. The van der Waals surface area contributed by atoms with Crippen LogP contribution in [0.2, 0.25) is 0 Å². The van der Waals surface area contributed by atoms with Gasteiger partial charge in [-0.3, -0.25) is 0 Å². The summed E-state index contributed by atoms with van der Waals surface area (Å²) in [6.45, 7) is 6.96. The molecule has 2 heteroatoms. The fraction of sp³-hybridized carbons (Fsp3) is 0.889. The van der Waals surface area contributed by atoms with E-state index in [0.29, 0.717) is 0 Å². The predicted octanol–water partition coefficient (Wildman–Crippen LogP) is 5.71. The zero-order valence-corrected chi connectivity index (χ0v) is 15.4. The Labute approximate surface area is 130 Å². The number of hydrogen-bond donors (Lipinski definition) is 0. The third-order valence-electron chi connectivity index (χ3n) is 3.88. The average Bonchev–Trinajstić information content (AvgIpc) is 2.47. The van der Waals surface area contributed by atoms with Gasteiger partial charge in [-0.05, 0) is 6.42 Å². The Kier molecular flexibility index (Phi) is 18.8. The molecule has 0 amide bonds. The highest BCUT2D eigenvalue weighted by atomic mass is 28.2. The molecular formula is C18H38OSi. The SMILES string of the molecule is C=C[SiH2]OCCCCCCCCCCCCCCCC. The molecule has 1 nitrogen and oxygen atoms in total. The van der Waals surface area contributed by atoms with Gasteiger partial charge < -0.3 is 4.43 Å². The molecule has 0 rings (SSSR count). The second-order valence-corrected chi connectivity index (χ2v) is 7.28. The lowest BCUT2D eigenvalue weighted by Crippen LogP contribution is -1.97. The van der Waals surface area contributed by atoms with Crippen LogP contribution in [0.15, 0.2) is 12.3 Å². The van der Waals surface area contributed by atoms with Crippen LogP contribution in [0.3, 0.4) is 0 Å². The molecule has 0 aromatic rings. The first-order valence-electron chi connectivity index (χ1n) is 9.10. The molecule has 120 valence electrons. The third-order valence-corrected chi connectivity index (χ3v) is 4.64. The molecule has 0 aliphatic heterocycles. The van der Waals surface area contributed by atoms with Crippen molar-refractivity contribution in [1.29, 1.82) is 0 Å². The molecule has 0 aliphatic rings. The second-order valence-electron chi connectivity index (χ2n) is 5.96. The molecule has 0 radical (unpaired) electrons. The van der Waals surface area contributed by atoms with Gasteiger partial charge >= 0.3 is 0 Å². The van der Waals surface area contributed by atoms with Gasteiger partial charge in [-0.2, -0.15) is 0 Å². The largest absolute Gasteiger partial charge is 0.419 e. The van der Waals surface area contributed by atoms with Crippen molar-refractivity contribution in [3.05, 3.63) is 12.3 Å². The lowest BCUT2D eigenvalue weighted by atomic mass is 10.0. The molecule has 0 aliphatic carbocycles. The summed E-state index contributed by atoms with van der Waals surface area (Å²) in [6.07, 6.45) is 19.9. The van der Waals surface area contributed by atoms with Gasteiger partial charge in [0.15, 0.2) is 9.76 Å². The first-order valence-corrected chi connectivity index (χ1v) is 10.5. The normalized spacial score (nSPS) is 11.4. The monoisotopic (exact) mass is 298 g/mol. The highest BCUT2D eigenvalue weighted by Crippen LogP contribution is 2.12. The molecule has 0 saturated heterocycles. The minimum Gasteiger partial charge on any atom is -0.419 e. The van der Waals surface area contributed by atoms with Crippen LogP contribution in [0.25, 0.3) is 0 Å². The van der Waals surface area contributed by atoms with E-state index in [4.69, 9.17) is 4.43 Å². The quantitative estimate of drug-likeness (QED) is 0.247. The number of unbranched alkanes of at least 4 members (excludes halogenated alkanes) is 13. The van der Waals surface area contributed by atoms with E-state index in [2.05, 4.69) is 13.5 Å². The van der Waals surface area contributed by atoms with Crippen LogP contribution in [0.5, 0.6) is 0 Å². The van der Waals surface area contributed by atoms with Crippen molar-refractivity contribution in [1.82, 2.24) is 0 Å². The lowest BCUT2D eigenvalue weighted by Gasteiger charge is -2.03. The Balaban J connectivity index is 2.90. The predicted molar refractivity (Wildman–Crippen MR) is 95.0 cm³/mol. The van der Waals surface area contributed by atoms with E-state index in [1.54, 1.807) is 0 Å². The molecule has 0 spiro atoms. The molecule has 0 N–H and O–H groups in total. The molecule has 0 aromatic carbocycles. The van der Waals surface area contributed by atoms with Crippen molar-refractivity contribution in [2.75, 3.05) is 6.61 Å². The zero-order chi connectivity index (χ0) is 14.7. The van der Waals surface area contributed by atoms with Crippen LogP contribution in [0.4, 0.5) is 0 Å². The van der Waals surface area contributed by atoms with E-state index in [1.807, 2.05) is 5.70 Å². The van der Waals surface area contributed by atoms with Gasteiger partial charge in [-0.1, -0.05) is 96.1 Å². The average molecular weight is 299 g/mol. The molecule has 20 heavy (non-hydrogen) atoms. The lowest BCUT2D eigenvalue weighted by molar-refractivity contribution is 0.325. The van der Waals surface area contributed by atoms with E-state index < -0.39 is 0 Å². The van der Waals surface area contributed by atoms with Crippen LogP contribution in [-0.2, 0) is 4.43 Å². The van der Waals surface area contributed by atoms with Crippen molar-refractivity contribution in [2.45, 2.75) is 96.8 Å². The van der Waals surface area contributed by atoms with Crippen molar-refractivity contribution in [3.63, 3.8) is 0 Å². The van der Waals surface area contributed by atoms with Gasteiger partial charge in [0.2, 0.25) is 0 Å². The summed E-state index contributed by atoms with van der Waals surface area (Å²) in [5.74, 6) is 0. The first-order chi connectivity index (χ1) is 9.91. The third kappa shape index (κ3) is 17.9. The molecule has 0 unspecified atom stereocenters. The van der Waals surface area contributed by atoms with Gasteiger partial charge in [-0.25, -0.2) is 0 Å². The summed E-state index contributed by atoms with van der Waals surface area (Å²) in [7, 11) is -0.378. The Hall–Kier alpha value is -0.0831. The Morgan fingerprint density at radius 3 is 1.50 bits per heavy atom. The van der Waals surface area contributed by atoms with E-state index in [1.165, 1.54) is 89.9 Å². The van der Waals surface area contributed by atoms with Gasteiger partial charge in [0.25, 0.3) is 0 Å². The highest BCUT2D eigenvalue weighted by molar-refractivity contribution is 6.33. The minimum atomic E-state index is -0.378. The van der Waals surface area contributed by atoms with E-state index in [9.17, 15) is 0 Å². The maximum absolute atomic E-state index is 5.51. The van der Waals surface area contributed by atoms with Crippen molar-refractivity contribution >= 4 is 9.76 Å². The van der Waals surface area contributed by atoms with Gasteiger partial charge in [0, 0.05) is 6.61 Å². The fourth-order valence-corrected chi connectivity index (χ4v) is 3.10. The molecule has 0 bridgehead atoms. The van der Waals surface area contributed by atoms with Gasteiger partial charge in [0.05, 0.1) is 0 Å². The molecule has 0 fully saturated rings. The van der Waals surface area contributed by atoms with E-state index in [-0.39, 0.29) is 9.76 Å². The first kappa shape index (κ1) is 19.9. The number of hydrogen-bond acceptors (Lipinski definition) is 1. The zero-order valence-electron chi connectivity index (χ0n) is 14.0. The second kappa shape index (κ2) is 18.9. The van der Waals surface area contributed by atoms with Crippen molar-refractivity contribution < 1.29 is 4.43 Å². The number of rotatable bonds is 17. The van der Waals surface area contributed by atoms with Crippen LogP contribution >= 0.6 is 0 Å². The molecule has 0 saturated carbocycles. The highest BCUT2D eigenvalue weighted by Gasteiger charge is 1.94. The van der Waals surface area contributed by atoms with Crippen LogP contribution in [-0.4, -0.2) is 16.4 Å². The maximum Gasteiger partial charge on any atom is 0.184 e.